The molecule has 0 amide bonds. The van der Waals surface area contributed by atoms with Gasteiger partial charge in [-0.1, -0.05) is 17.3 Å². The van der Waals surface area contributed by atoms with Crippen LogP contribution in [0.25, 0.3) is 22.8 Å². The van der Waals surface area contributed by atoms with E-state index in [9.17, 15) is 4.39 Å². The van der Waals surface area contributed by atoms with E-state index in [1.165, 1.54) is 6.07 Å². The molecule has 3 aromatic rings. The maximum absolute atomic E-state index is 13.6. The van der Waals surface area contributed by atoms with Crippen molar-refractivity contribution in [2.45, 2.75) is 0 Å². The lowest BCUT2D eigenvalue weighted by atomic mass is 10.2. The highest BCUT2D eigenvalue weighted by atomic mass is 19.1. The first kappa shape index (κ1) is 10.6. The second-order valence-electron chi connectivity index (χ2n) is 3.64. The number of aromatic nitrogens is 3. The van der Waals surface area contributed by atoms with Gasteiger partial charge in [-0.3, -0.25) is 4.98 Å². The zero-order valence-corrected chi connectivity index (χ0v) is 9.25. The van der Waals surface area contributed by atoms with Gasteiger partial charge in [-0.05, 0) is 24.3 Å². The number of halogens is 1. The van der Waals surface area contributed by atoms with Crippen LogP contribution in [0, 0.1) is 5.82 Å². The quantitative estimate of drug-likeness (QED) is 0.692. The largest absolute Gasteiger partial charge is 0.334 e. The molecule has 18 heavy (non-hydrogen) atoms. The summed E-state index contributed by atoms with van der Waals surface area (Å²) in [4.78, 5) is 8.11. The summed E-state index contributed by atoms with van der Waals surface area (Å²) in [6, 6.07) is 9.86. The van der Waals surface area contributed by atoms with Gasteiger partial charge in [0.1, 0.15) is 5.82 Å². The van der Waals surface area contributed by atoms with Gasteiger partial charge in [-0.15, -0.1) is 0 Å². The summed E-state index contributed by atoms with van der Waals surface area (Å²) >= 11 is 0. The number of nitrogens with zero attached hydrogens (tertiary/aromatic N) is 3. The number of rotatable bonds is 2. The average Bonchev–Trinajstić information content (AvgIpc) is 2.90. The van der Waals surface area contributed by atoms with Crippen LogP contribution in [-0.2, 0) is 0 Å². The van der Waals surface area contributed by atoms with Crippen molar-refractivity contribution in [1.29, 1.82) is 0 Å². The van der Waals surface area contributed by atoms with Gasteiger partial charge in [-0.25, -0.2) is 4.39 Å². The molecule has 0 aliphatic carbocycles. The van der Waals surface area contributed by atoms with E-state index in [0.29, 0.717) is 17.0 Å². The van der Waals surface area contributed by atoms with Gasteiger partial charge < -0.3 is 4.52 Å². The number of hydrogen-bond acceptors (Lipinski definition) is 4. The van der Waals surface area contributed by atoms with E-state index >= 15 is 0 Å². The molecule has 0 fully saturated rings. The first-order valence-corrected chi connectivity index (χ1v) is 5.33. The Labute approximate surface area is 102 Å². The average molecular weight is 241 g/mol. The predicted molar refractivity (Wildman–Crippen MR) is 62.9 cm³/mol. The monoisotopic (exact) mass is 241 g/mol. The molecule has 0 bridgehead atoms. The molecule has 88 valence electrons. The SMILES string of the molecule is Fc1ccccc1-c1noc(-c2cccnc2)n1. The summed E-state index contributed by atoms with van der Waals surface area (Å²) in [6.45, 7) is 0. The molecule has 2 aromatic heterocycles. The van der Waals surface area contributed by atoms with Crippen LogP contribution < -0.4 is 0 Å². The summed E-state index contributed by atoms with van der Waals surface area (Å²) < 4.78 is 18.6. The number of hydrogen-bond donors (Lipinski definition) is 0. The van der Waals surface area contributed by atoms with Crippen molar-refractivity contribution in [3.8, 4) is 22.8 Å². The Kier molecular flexibility index (Phi) is 2.57. The summed E-state index contributed by atoms with van der Waals surface area (Å²) in [7, 11) is 0. The van der Waals surface area contributed by atoms with E-state index in [-0.39, 0.29) is 11.6 Å². The van der Waals surface area contributed by atoms with Crippen LogP contribution >= 0.6 is 0 Å². The number of pyridine rings is 1. The number of benzene rings is 1. The van der Waals surface area contributed by atoms with Crippen molar-refractivity contribution in [2.75, 3.05) is 0 Å². The fourth-order valence-electron chi connectivity index (χ4n) is 1.58. The molecule has 1 aromatic carbocycles. The fraction of sp³-hybridized carbons (Fsp3) is 0. The first-order valence-electron chi connectivity index (χ1n) is 5.33. The molecule has 0 radical (unpaired) electrons. The fourth-order valence-corrected chi connectivity index (χ4v) is 1.58. The molecule has 0 spiro atoms. The van der Waals surface area contributed by atoms with E-state index in [2.05, 4.69) is 15.1 Å². The van der Waals surface area contributed by atoms with Gasteiger partial charge in [0.25, 0.3) is 5.89 Å². The minimum absolute atomic E-state index is 0.229. The minimum Gasteiger partial charge on any atom is -0.334 e. The highest BCUT2D eigenvalue weighted by Crippen LogP contribution is 2.23. The Balaban J connectivity index is 2.03. The highest BCUT2D eigenvalue weighted by molar-refractivity contribution is 5.59. The molecule has 2 heterocycles. The Morgan fingerprint density at radius 1 is 1.06 bits per heavy atom. The van der Waals surface area contributed by atoms with Crippen molar-refractivity contribution < 1.29 is 8.91 Å². The van der Waals surface area contributed by atoms with E-state index < -0.39 is 0 Å². The smallest absolute Gasteiger partial charge is 0.259 e. The van der Waals surface area contributed by atoms with E-state index in [0.717, 1.165) is 0 Å². The van der Waals surface area contributed by atoms with Gasteiger partial charge in [0.15, 0.2) is 0 Å². The third kappa shape index (κ3) is 1.86. The third-order valence-electron chi connectivity index (χ3n) is 2.45. The Morgan fingerprint density at radius 3 is 2.72 bits per heavy atom. The lowest BCUT2D eigenvalue weighted by Crippen LogP contribution is -1.85. The molecule has 0 saturated carbocycles. The molecular formula is C13H8FN3O. The van der Waals surface area contributed by atoms with Crippen molar-refractivity contribution >= 4 is 0 Å². The normalized spacial score (nSPS) is 10.5. The van der Waals surface area contributed by atoms with Crippen molar-refractivity contribution in [1.82, 2.24) is 15.1 Å². The molecule has 0 aliphatic heterocycles. The Hall–Kier alpha value is -2.56. The maximum Gasteiger partial charge on any atom is 0.259 e. The van der Waals surface area contributed by atoms with Gasteiger partial charge in [-0.2, -0.15) is 4.98 Å². The molecule has 0 aliphatic rings. The van der Waals surface area contributed by atoms with Crippen LogP contribution in [0.1, 0.15) is 0 Å². The topological polar surface area (TPSA) is 51.8 Å². The van der Waals surface area contributed by atoms with E-state index in [4.69, 9.17) is 4.52 Å². The molecule has 0 unspecified atom stereocenters. The van der Waals surface area contributed by atoms with Gasteiger partial charge in [0, 0.05) is 12.4 Å². The van der Waals surface area contributed by atoms with Crippen LogP contribution in [0.2, 0.25) is 0 Å². The minimum atomic E-state index is -0.379. The highest BCUT2D eigenvalue weighted by Gasteiger charge is 2.13. The van der Waals surface area contributed by atoms with Crippen LogP contribution in [0.4, 0.5) is 4.39 Å². The molecule has 0 atom stereocenters. The molecule has 3 rings (SSSR count). The predicted octanol–water partition coefficient (Wildman–Crippen LogP) is 2.94. The lowest BCUT2D eigenvalue weighted by Gasteiger charge is -1.94. The van der Waals surface area contributed by atoms with Crippen molar-refractivity contribution in [3.05, 3.63) is 54.6 Å². The van der Waals surface area contributed by atoms with Crippen molar-refractivity contribution in [3.63, 3.8) is 0 Å². The van der Waals surface area contributed by atoms with Crippen LogP contribution in [0.15, 0.2) is 53.3 Å². The first-order chi connectivity index (χ1) is 8.84. The van der Waals surface area contributed by atoms with Gasteiger partial charge >= 0.3 is 0 Å². The van der Waals surface area contributed by atoms with Gasteiger partial charge in [0.2, 0.25) is 5.82 Å². The van der Waals surface area contributed by atoms with Crippen LogP contribution in [0.3, 0.4) is 0 Å². The Bertz CT molecular complexity index is 667. The van der Waals surface area contributed by atoms with Gasteiger partial charge in [0.05, 0.1) is 11.1 Å². The maximum atomic E-state index is 13.6. The third-order valence-corrected chi connectivity index (χ3v) is 2.45. The molecule has 0 N–H and O–H groups in total. The summed E-state index contributed by atoms with van der Waals surface area (Å²) in [6.07, 6.45) is 3.26. The summed E-state index contributed by atoms with van der Waals surface area (Å²) in [5.41, 5.74) is 1.02. The standard InChI is InChI=1S/C13H8FN3O/c14-11-6-2-1-5-10(11)12-16-13(18-17-12)9-4-3-7-15-8-9/h1-8H. The second kappa shape index (κ2) is 4.37. The summed E-state index contributed by atoms with van der Waals surface area (Å²) in [5.74, 6) is 0.171. The van der Waals surface area contributed by atoms with Crippen molar-refractivity contribution in [2.24, 2.45) is 0 Å². The molecule has 4 nitrogen and oxygen atoms in total. The second-order valence-corrected chi connectivity index (χ2v) is 3.64. The van der Waals surface area contributed by atoms with Crippen LogP contribution in [-0.4, -0.2) is 15.1 Å². The Morgan fingerprint density at radius 2 is 1.94 bits per heavy atom. The van der Waals surface area contributed by atoms with E-state index in [1.807, 2.05) is 0 Å². The molecule has 0 saturated heterocycles. The van der Waals surface area contributed by atoms with Crippen LogP contribution in [0.5, 0.6) is 0 Å². The summed E-state index contributed by atoms with van der Waals surface area (Å²) in [5, 5.41) is 3.77. The molecular weight excluding hydrogens is 233 g/mol. The zero-order valence-electron chi connectivity index (χ0n) is 9.25. The van der Waals surface area contributed by atoms with E-state index in [1.54, 1.807) is 42.7 Å². The lowest BCUT2D eigenvalue weighted by molar-refractivity contribution is 0.431. The molecule has 5 heteroatoms. The zero-order chi connectivity index (χ0) is 12.4.